The standard InChI is InChI=1S/C14H22O.C2H6/c1-9(2)11-7-10(3)8-12(13(11)15)14(4,5)6;1-2/h7-9,15H,1-6H3;1-2H3. The Balaban J connectivity index is 0.00000121. The van der Waals surface area contributed by atoms with Gasteiger partial charge in [0.05, 0.1) is 0 Å². The summed E-state index contributed by atoms with van der Waals surface area (Å²) in [5, 5.41) is 10.2. The normalized spacial score (nSPS) is 11.1. The van der Waals surface area contributed by atoms with E-state index in [1.807, 2.05) is 13.8 Å². The van der Waals surface area contributed by atoms with Gasteiger partial charge < -0.3 is 5.11 Å². The highest BCUT2D eigenvalue weighted by Crippen LogP contribution is 2.37. The van der Waals surface area contributed by atoms with Crippen LogP contribution in [0.15, 0.2) is 12.1 Å². The molecular weight excluding hydrogens is 208 g/mol. The highest BCUT2D eigenvalue weighted by molar-refractivity contribution is 5.48. The largest absolute Gasteiger partial charge is 0.507 e. The first-order chi connectivity index (χ1) is 7.73. The molecule has 98 valence electrons. The van der Waals surface area contributed by atoms with Crippen LogP contribution in [0.1, 0.15) is 71.1 Å². The lowest BCUT2D eigenvalue weighted by Gasteiger charge is -2.23. The SMILES string of the molecule is CC.Cc1cc(C(C)C)c(O)c(C(C)(C)C)c1. The summed E-state index contributed by atoms with van der Waals surface area (Å²) in [4.78, 5) is 0. The third-order valence-corrected chi connectivity index (χ3v) is 2.71. The predicted molar refractivity (Wildman–Crippen MR) is 77.0 cm³/mol. The first-order valence-electron chi connectivity index (χ1n) is 6.57. The molecule has 0 fully saturated rings. The van der Waals surface area contributed by atoms with E-state index in [2.05, 4.69) is 53.7 Å². The van der Waals surface area contributed by atoms with Gasteiger partial charge in [-0.2, -0.15) is 0 Å². The second-order valence-electron chi connectivity index (χ2n) is 5.66. The van der Waals surface area contributed by atoms with Gasteiger partial charge in [-0.25, -0.2) is 0 Å². The average molecular weight is 236 g/mol. The zero-order valence-electron chi connectivity index (χ0n) is 12.7. The van der Waals surface area contributed by atoms with Crippen molar-refractivity contribution in [2.45, 2.75) is 66.7 Å². The first-order valence-corrected chi connectivity index (χ1v) is 6.57. The van der Waals surface area contributed by atoms with Gasteiger partial charge in [-0.3, -0.25) is 0 Å². The number of aromatic hydroxyl groups is 1. The molecule has 0 amide bonds. The van der Waals surface area contributed by atoms with Gasteiger partial charge in [0.15, 0.2) is 0 Å². The Morgan fingerprint density at radius 1 is 1.06 bits per heavy atom. The lowest BCUT2D eigenvalue weighted by molar-refractivity contribution is 0.437. The molecule has 0 aliphatic carbocycles. The molecule has 0 aliphatic rings. The maximum Gasteiger partial charge on any atom is 0.122 e. The van der Waals surface area contributed by atoms with Crippen LogP contribution in [0, 0.1) is 6.92 Å². The monoisotopic (exact) mass is 236 g/mol. The minimum absolute atomic E-state index is 0.000255. The van der Waals surface area contributed by atoms with Crippen molar-refractivity contribution in [3.05, 3.63) is 28.8 Å². The Morgan fingerprint density at radius 2 is 1.53 bits per heavy atom. The second-order valence-corrected chi connectivity index (χ2v) is 5.66. The van der Waals surface area contributed by atoms with Crippen molar-refractivity contribution in [1.29, 1.82) is 0 Å². The Labute approximate surface area is 107 Å². The van der Waals surface area contributed by atoms with Crippen molar-refractivity contribution < 1.29 is 5.11 Å². The van der Waals surface area contributed by atoms with Gasteiger partial charge in [-0.15, -0.1) is 0 Å². The first kappa shape index (κ1) is 16.0. The van der Waals surface area contributed by atoms with Crippen LogP contribution in [0.2, 0.25) is 0 Å². The predicted octanol–water partition coefficient (Wildman–Crippen LogP) is 5.15. The van der Waals surface area contributed by atoms with E-state index in [0.29, 0.717) is 11.7 Å². The molecule has 0 aliphatic heterocycles. The third-order valence-electron chi connectivity index (χ3n) is 2.71. The molecule has 0 spiro atoms. The molecule has 1 aromatic rings. The van der Waals surface area contributed by atoms with Gasteiger partial charge in [0.2, 0.25) is 0 Å². The Kier molecular flexibility index (Phi) is 5.74. The Morgan fingerprint density at radius 3 is 1.88 bits per heavy atom. The molecule has 0 atom stereocenters. The number of benzene rings is 1. The van der Waals surface area contributed by atoms with Gasteiger partial charge in [0.25, 0.3) is 0 Å². The van der Waals surface area contributed by atoms with Crippen LogP contribution in [0.5, 0.6) is 5.75 Å². The van der Waals surface area contributed by atoms with Crippen LogP contribution in [-0.4, -0.2) is 5.11 Å². The van der Waals surface area contributed by atoms with Gasteiger partial charge in [0.1, 0.15) is 5.75 Å². The highest BCUT2D eigenvalue weighted by Gasteiger charge is 2.21. The molecule has 1 nitrogen and oxygen atoms in total. The van der Waals surface area contributed by atoms with E-state index in [1.165, 1.54) is 5.56 Å². The number of hydrogen-bond donors (Lipinski definition) is 1. The van der Waals surface area contributed by atoms with E-state index < -0.39 is 0 Å². The van der Waals surface area contributed by atoms with Crippen LogP contribution in [0.3, 0.4) is 0 Å². The summed E-state index contributed by atoms with van der Waals surface area (Å²) in [6.45, 7) is 16.7. The van der Waals surface area contributed by atoms with Crippen LogP contribution in [0.4, 0.5) is 0 Å². The van der Waals surface area contributed by atoms with E-state index in [1.54, 1.807) is 0 Å². The number of hydrogen-bond acceptors (Lipinski definition) is 1. The van der Waals surface area contributed by atoms with Crippen LogP contribution >= 0.6 is 0 Å². The summed E-state index contributed by atoms with van der Waals surface area (Å²) < 4.78 is 0. The smallest absolute Gasteiger partial charge is 0.122 e. The lowest BCUT2D eigenvalue weighted by Crippen LogP contribution is -2.12. The minimum atomic E-state index is -0.000255. The number of phenolic OH excluding ortho intramolecular Hbond substituents is 1. The number of phenols is 1. The van der Waals surface area contributed by atoms with Gasteiger partial charge in [-0.05, 0) is 29.4 Å². The van der Waals surface area contributed by atoms with Gasteiger partial charge >= 0.3 is 0 Å². The summed E-state index contributed by atoms with van der Waals surface area (Å²) in [5.41, 5.74) is 3.33. The van der Waals surface area contributed by atoms with Gasteiger partial charge in [0, 0.05) is 0 Å². The van der Waals surface area contributed by atoms with Crippen molar-refractivity contribution in [3.63, 3.8) is 0 Å². The minimum Gasteiger partial charge on any atom is -0.507 e. The van der Waals surface area contributed by atoms with E-state index in [9.17, 15) is 5.11 Å². The fraction of sp³-hybridized carbons (Fsp3) is 0.625. The molecule has 0 saturated carbocycles. The van der Waals surface area contributed by atoms with E-state index in [4.69, 9.17) is 0 Å². The Hall–Kier alpha value is -0.980. The molecule has 0 unspecified atom stereocenters. The summed E-state index contributed by atoms with van der Waals surface area (Å²) in [5.74, 6) is 0.842. The van der Waals surface area contributed by atoms with E-state index in [-0.39, 0.29) is 5.41 Å². The van der Waals surface area contributed by atoms with Crippen LogP contribution < -0.4 is 0 Å². The molecule has 0 aromatic heterocycles. The molecule has 0 heterocycles. The molecule has 1 heteroatoms. The van der Waals surface area contributed by atoms with Crippen LogP contribution in [-0.2, 0) is 5.41 Å². The number of rotatable bonds is 1. The molecule has 0 bridgehead atoms. The molecule has 1 N–H and O–H groups in total. The third kappa shape index (κ3) is 4.07. The van der Waals surface area contributed by atoms with Crippen molar-refractivity contribution >= 4 is 0 Å². The van der Waals surface area contributed by atoms with Crippen molar-refractivity contribution in [1.82, 2.24) is 0 Å². The fourth-order valence-electron chi connectivity index (χ4n) is 1.82. The van der Waals surface area contributed by atoms with E-state index in [0.717, 1.165) is 11.1 Å². The molecule has 17 heavy (non-hydrogen) atoms. The summed E-state index contributed by atoms with van der Waals surface area (Å²) in [6.07, 6.45) is 0. The van der Waals surface area contributed by atoms with E-state index >= 15 is 0 Å². The van der Waals surface area contributed by atoms with Crippen molar-refractivity contribution in [2.24, 2.45) is 0 Å². The molecule has 0 saturated heterocycles. The quantitative estimate of drug-likeness (QED) is 0.715. The van der Waals surface area contributed by atoms with Crippen molar-refractivity contribution in [3.8, 4) is 5.75 Å². The van der Waals surface area contributed by atoms with Gasteiger partial charge in [-0.1, -0.05) is 66.2 Å². The average Bonchev–Trinajstić information content (AvgIpc) is 2.22. The van der Waals surface area contributed by atoms with Crippen molar-refractivity contribution in [2.75, 3.05) is 0 Å². The zero-order valence-corrected chi connectivity index (χ0v) is 12.7. The zero-order chi connectivity index (χ0) is 13.8. The molecule has 1 rings (SSSR count). The summed E-state index contributed by atoms with van der Waals surface area (Å²) >= 11 is 0. The number of aryl methyl sites for hydroxylation is 1. The Bertz CT molecular complexity index is 357. The highest BCUT2D eigenvalue weighted by atomic mass is 16.3. The van der Waals surface area contributed by atoms with Crippen LogP contribution in [0.25, 0.3) is 0 Å². The molecule has 0 radical (unpaired) electrons. The fourth-order valence-corrected chi connectivity index (χ4v) is 1.82. The molecule has 1 aromatic carbocycles. The second kappa shape index (κ2) is 6.09. The molecular formula is C16H28O. The summed E-state index contributed by atoms with van der Waals surface area (Å²) in [7, 11) is 0. The maximum atomic E-state index is 10.2. The maximum absolute atomic E-state index is 10.2. The lowest BCUT2D eigenvalue weighted by atomic mass is 9.82. The summed E-state index contributed by atoms with van der Waals surface area (Å²) in [6, 6.07) is 4.16. The topological polar surface area (TPSA) is 20.2 Å².